The van der Waals surface area contributed by atoms with Gasteiger partial charge in [0, 0.05) is 25.7 Å². The molecule has 2 rings (SSSR count). The van der Waals surface area contributed by atoms with Crippen molar-refractivity contribution in [2.75, 3.05) is 18.4 Å². The SMILES string of the molecule is Cc1cc(NC(=O)CN(CC(C)O)C2CCCCC2)n(C)n1. The monoisotopic (exact) mass is 308 g/mol. The number of carbonyl (C=O) groups is 1. The fourth-order valence-electron chi connectivity index (χ4n) is 3.22. The first-order chi connectivity index (χ1) is 10.5. The van der Waals surface area contributed by atoms with Gasteiger partial charge < -0.3 is 10.4 Å². The van der Waals surface area contributed by atoms with Crippen LogP contribution in [0.2, 0.25) is 0 Å². The first-order valence-corrected chi connectivity index (χ1v) is 8.18. The van der Waals surface area contributed by atoms with E-state index in [0.717, 1.165) is 18.5 Å². The summed E-state index contributed by atoms with van der Waals surface area (Å²) in [4.78, 5) is 14.5. The summed E-state index contributed by atoms with van der Waals surface area (Å²) < 4.78 is 1.67. The molecule has 2 N–H and O–H groups in total. The number of amides is 1. The maximum atomic E-state index is 12.3. The number of aliphatic hydroxyl groups excluding tert-OH is 1. The van der Waals surface area contributed by atoms with Crippen molar-refractivity contribution in [2.45, 2.75) is 58.1 Å². The molecular weight excluding hydrogens is 280 g/mol. The van der Waals surface area contributed by atoms with E-state index < -0.39 is 6.10 Å². The number of hydrogen-bond donors (Lipinski definition) is 2. The Labute approximate surface area is 132 Å². The van der Waals surface area contributed by atoms with Gasteiger partial charge in [0.25, 0.3) is 0 Å². The Kier molecular flexibility index (Phi) is 5.97. The van der Waals surface area contributed by atoms with Gasteiger partial charge in [0.1, 0.15) is 5.82 Å². The third-order valence-electron chi connectivity index (χ3n) is 4.21. The van der Waals surface area contributed by atoms with Crippen LogP contribution in [0.5, 0.6) is 0 Å². The third-order valence-corrected chi connectivity index (χ3v) is 4.21. The summed E-state index contributed by atoms with van der Waals surface area (Å²) in [6.07, 6.45) is 5.51. The van der Waals surface area contributed by atoms with Gasteiger partial charge in [0.05, 0.1) is 18.3 Å². The molecule has 1 unspecified atom stereocenters. The topological polar surface area (TPSA) is 70.4 Å². The van der Waals surface area contributed by atoms with Crippen molar-refractivity contribution in [1.82, 2.24) is 14.7 Å². The molecule has 1 amide bonds. The van der Waals surface area contributed by atoms with Crippen LogP contribution in [0.3, 0.4) is 0 Å². The molecule has 0 radical (unpaired) electrons. The summed E-state index contributed by atoms with van der Waals surface area (Å²) in [5.41, 5.74) is 0.880. The molecule has 22 heavy (non-hydrogen) atoms. The van der Waals surface area contributed by atoms with Crippen LogP contribution in [0.1, 0.15) is 44.7 Å². The van der Waals surface area contributed by atoms with Crippen molar-refractivity contribution in [1.29, 1.82) is 0 Å². The average molecular weight is 308 g/mol. The second-order valence-corrected chi connectivity index (χ2v) is 6.41. The Morgan fingerprint density at radius 2 is 2.18 bits per heavy atom. The molecule has 0 saturated heterocycles. The van der Waals surface area contributed by atoms with E-state index >= 15 is 0 Å². The Morgan fingerprint density at radius 3 is 2.73 bits per heavy atom. The normalized spacial score (nSPS) is 17.7. The van der Waals surface area contributed by atoms with E-state index in [1.165, 1.54) is 19.3 Å². The van der Waals surface area contributed by atoms with E-state index in [9.17, 15) is 9.90 Å². The molecule has 1 atom stereocenters. The number of aromatic nitrogens is 2. The van der Waals surface area contributed by atoms with E-state index in [2.05, 4.69) is 15.3 Å². The number of nitrogens with zero attached hydrogens (tertiary/aromatic N) is 3. The average Bonchev–Trinajstić information content (AvgIpc) is 2.76. The van der Waals surface area contributed by atoms with Gasteiger partial charge in [-0.05, 0) is 26.7 Å². The minimum atomic E-state index is -0.423. The van der Waals surface area contributed by atoms with Crippen molar-refractivity contribution in [3.05, 3.63) is 11.8 Å². The smallest absolute Gasteiger partial charge is 0.239 e. The highest BCUT2D eigenvalue weighted by Gasteiger charge is 2.24. The summed E-state index contributed by atoms with van der Waals surface area (Å²) >= 11 is 0. The maximum absolute atomic E-state index is 12.3. The first-order valence-electron chi connectivity index (χ1n) is 8.18. The minimum absolute atomic E-state index is 0.0470. The van der Waals surface area contributed by atoms with Gasteiger partial charge in [0.15, 0.2) is 0 Å². The zero-order valence-corrected chi connectivity index (χ0v) is 13.9. The molecule has 1 aromatic rings. The number of anilines is 1. The predicted octanol–water partition coefficient (Wildman–Crippen LogP) is 1.68. The van der Waals surface area contributed by atoms with Crippen LogP contribution in [0, 0.1) is 6.92 Å². The molecule has 1 aromatic heterocycles. The first kappa shape index (κ1) is 17.0. The van der Waals surface area contributed by atoms with Crippen molar-refractivity contribution in [2.24, 2.45) is 7.05 Å². The fraction of sp³-hybridized carbons (Fsp3) is 0.750. The largest absolute Gasteiger partial charge is 0.392 e. The predicted molar refractivity (Wildman–Crippen MR) is 86.7 cm³/mol. The molecule has 0 spiro atoms. The van der Waals surface area contributed by atoms with E-state index in [1.54, 1.807) is 11.6 Å². The quantitative estimate of drug-likeness (QED) is 0.839. The van der Waals surface area contributed by atoms with Crippen LogP contribution < -0.4 is 5.32 Å². The molecule has 1 heterocycles. The van der Waals surface area contributed by atoms with Crippen LogP contribution in [0.25, 0.3) is 0 Å². The highest BCUT2D eigenvalue weighted by molar-refractivity contribution is 5.91. The number of aliphatic hydroxyl groups is 1. The van der Waals surface area contributed by atoms with Crippen LogP contribution in [0.15, 0.2) is 6.07 Å². The van der Waals surface area contributed by atoms with E-state index in [1.807, 2.05) is 20.0 Å². The zero-order valence-electron chi connectivity index (χ0n) is 13.9. The lowest BCUT2D eigenvalue weighted by molar-refractivity contribution is -0.118. The van der Waals surface area contributed by atoms with Gasteiger partial charge in [-0.3, -0.25) is 14.4 Å². The highest BCUT2D eigenvalue weighted by Crippen LogP contribution is 2.22. The van der Waals surface area contributed by atoms with Crippen molar-refractivity contribution < 1.29 is 9.90 Å². The number of nitrogens with one attached hydrogen (secondary N) is 1. The van der Waals surface area contributed by atoms with Crippen molar-refractivity contribution in [3.63, 3.8) is 0 Å². The van der Waals surface area contributed by atoms with E-state index in [-0.39, 0.29) is 5.91 Å². The number of carbonyl (C=O) groups excluding carboxylic acids is 1. The van der Waals surface area contributed by atoms with Gasteiger partial charge in [-0.1, -0.05) is 19.3 Å². The summed E-state index contributed by atoms with van der Waals surface area (Å²) in [5, 5.41) is 16.9. The molecule has 6 nitrogen and oxygen atoms in total. The molecule has 1 fully saturated rings. The van der Waals surface area contributed by atoms with Gasteiger partial charge in [0.2, 0.25) is 5.91 Å². The Hall–Kier alpha value is -1.40. The lowest BCUT2D eigenvalue weighted by atomic mass is 9.94. The van der Waals surface area contributed by atoms with Gasteiger partial charge in [-0.25, -0.2) is 0 Å². The molecule has 0 bridgehead atoms. The minimum Gasteiger partial charge on any atom is -0.392 e. The lowest BCUT2D eigenvalue weighted by Gasteiger charge is -2.34. The van der Waals surface area contributed by atoms with Crippen molar-refractivity contribution >= 4 is 11.7 Å². The Morgan fingerprint density at radius 1 is 1.50 bits per heavy atom. The molecule has 0 aromatic carbocycles. The summed E-state index contributed by atoms with van der Waals surface area (Å²) in [6.45, 7) is 4.54. The van der Waals surface area contributed by atoms with Crippen LogP contribution in [0.4, 0.5) is 5.82 Å². The molecule has 6 heteroatoms. The molecule has 0 aliphatic heterocycles. The summed E-state index contributed by atoms with van der Waals surface area (Å²) in [6, 6.07) is 2.26. The summed E-state index contributed by atoms with van der Waals surface area (Å²) in [5.74, 6) is 0.664. The van der Waals surface area contributed by atoms with Gasteiger partial charge >= 0.3 is 0 Å². The third kappa shape index (κ3) is 4.81. The molecule has 1 aliphatic rings. The van der Waals surface area contributed by atoms with Crippen molar-refractivity contribution in [3.8, 4) is 0 Å². The number of rotatable bonds is 6. The fourth-order valence-corrected chi connectivity index (χ4v) is 3.22. The van der Waals surface area contributed by atoms with Gasteiger partial charge in [-0.15, -0.1) is 0 Å². The molecule has 1 aliphatic carbocycles. The summed E-state index contributed by atoms with van der Waals surface area (Å²) in [7, 11) is 1.82. The number of hydrogen-bond acceptors (Lipinski definition) is 4. The van der Waals surface area contributed by atoms with Crippen LogP contribution >= 0.6 is 0 Å². The lowest BCUT2D eigenvalue weighted by Crippen LogP contribution is -2.45. The second kappa shape index (κ2) is 7.74. The van der Waals surface area contributed by atoms with E-state index in [0.29, 0.717) is 24.9 Å². The second-order valence-electron chi connectivity index (χ2n) is 6.41. The standard InChI is InChI=1S/C16H28N4O2/c1-12-9-15(19(3)18-12)17-16(22)11-20(10-13(2)21)14-7-5-4-6-8-14/h9,13-14,21H,4-8,10-11H2,1-3H3,(H,17,22). The Bertz CT molecular complexity index is 492. The van der Waals surface area contributed by atoms with E-state index in [4.69, 9.17) is 0 Å². The van der Waals surface area contributed by atoms with Crippen LogP contribution in [-0.4, -0.2) is 50.9 Å². The molecule has 1 saturated carbocycles. The van der Waals surface area contributed by atoms with Crippen LogP contribution in [-0.2, 0) is 11.8 Å². The molecular formula is C16H28N4O2. The zero-order chi connectivity index (χ0) is 16.1. The highest BCUT2D eigenvalue weighted by atomic mass is 16.3. The maximum Gasteiger partial charge on any atom is 0.239 e. The Balaban J connectivity index is 1.96. The molecule has 124 valence electrons. The number of aryl methyl sites for hydroxylation is 2. The van der Waals surface area contributed by atoms with Gasteiger partial charge in [-0.2, -0.15) is 5.10 Å².